The van der Waals surface area contributed by atoms with Crippen LogP contribution in [0.3, 0.4) is 0 Å². The van der Waals surface area contributed by atoms with Crippen LogP contribution in [0.1, 0.15) is 31.9 Å². The van der Waals surface area contributed by atoms with Crippen LogP contribution in [0.25, 0.3) is 0 Å². The Balaban J connectivity index is 2.46. The minimum absolute atomic E-state index is 0.0682. The van der Waals surface area contributed by atoms with Gasteiger partial charge in [-0.2, -0.15) is 0 Å². The van der Waals surface area contributed by atoms with Crippen molar-refractivity contribution in [2.45, 2.75) is 32.7 Å². The first-order valence-corrected chi connectivity index (χ1v) is 5.94. The van der Waals surface area contributed by atoms with Gasteiger partial charge >= 0.3 is 0 Å². The van der Waals surface area contributed by atoms with Crippen molar-refractivity contribution in [2.75, 3.05) is 13.1 Å². The highest BCUT2D eigenvalue weighted by atomic mass is 16.6. The fraction of sp³-hybridized carbons (Fsp3) is 0.538. The Morgan fingerprint density at radius 2 is 2.18 bits per heavy atom. The normalized spacial score (nSPS) is 18.8. The predicted molar refractivity (Wildman–Crippen MR) is 67.1 cm³/mol. The number of non-ortho nitro benzene ring substituents is 1. The number of nitro groups is 1. The summed E-state index contributed by atoms with van der Waals surface area (Å²) < 4.78 is 0. The second-order valence-electron chi connectivity index (χ2n) is 5.29. The molecule has 1 aliphatic heterocycles. The Morgan fingerprint density at radius 3 is 2.76 bits per heavy atom. The van der Waals surface area contributed by atoms with Crippen molar-refractivity contribution in [2.24, 2.45) is 0 Å². The quantitative estimate of drug-likeness (QED) is 0.584. The van der Waals surface area contributed by atoms with Gasteiger partial charge in [0.1, 0.15) is 0 Å². The smallest absolute Gasteiger partial charge is 0.269 e. The molecule has 0 bridgehead atoms. The fourth-order valence-corrected chi connectivity index (χ4v) is 2.65. The zero-order valence-corrected chi connectivity index (χ0v) is 10.6. The maximum Gasteiger partial charge on any atom is 0.269 e. The molecule has 0 saturated heterocycles. The molecule has 0 fully saturated rings. The Morgan fingerprint density at radius 1 is 1.47 bits per heavy atom. The summed E-state index contributed by atoms with van der Waals surface area (Å²) in [5.41, 5.74) is 2.60. The van der Waals surface area contributed by atoms with Crippen LogP contribution in [-0.4, -0.2) is 22.9 Å². The summed E-state index contributed by atoms with van der Waals surface area (Å²) in [6, 6.07) is 5.25. The van der Waals surface area contributed by atoms with E-state index in [-0.39, 0.29) is 16.0 Å². The van der Waals surface area contributed by atoms with Crippen LogP contribution in [0.15, 0.2) is 18.2 Å². The van der Waals surface area contributed by atoms with Crippen molar-refractivity contribution >= 4 is 5.69 Å². The van der Waals surface area contributed by atoms with Gasteiger partial charge in [-0.3, -0.25) is 15.0 Å². The van der Waals surface area contributed by atoms with Gasteiger partial charge in [0, 0.05) is 30.6 Å². The molecule has 1 aromatic carbocycles. The minimum atomic E-state index is -0.321. The van der Waals surface area contributed by atoms with E-state index in [1.807, 2.05) is 6.07 Å². The third-order valence-electron chi connectivity index (χ3n) is 3.49. The van der Waals surface area contributed by atoms with E-state index >= 15 is 0 Å². The molecule has 0 aliphatic carbocycles. The Labute approximate surface area is 101 Å². The van der Waals surface area contributed by atoms with Crippen molar-refractivity contribution < 1.29 is 4.92 Å². The lowest BCUT2D eigenvalue weighted by Crippen LogP contribution is -2.41. The number of rotatable bonds is 2. The van der Waals surface area contributed by atoms with Gasteiger partial charge in [0.2, 0.25) is 0 Å². The highest BCUT2D eigenvalue weighted by molar-refractivity contribution is 5.44. The molecule has 0 atom stereocenters. The molecule has 1 aliphatic rings. The lowest BCUT2D eigenvalue weighted by Gasteiger charge is -2.39. The predicted octanol–water partition coefficient (Wildman–Crippen LogP) is 2.71. The van der Waals surface area contributed by atoms with Gasteiger partial charge in [-0.05, 0) is 17.7 Å². The molecule has 0 amide bonds. The summed E-state index contributed by atoms with van der Waals surface area (Å²) >= 11 is 0. The third-order valence-corrected chi connectivity index (χ3v) is 3.49. The molecule has 0 spiro atoms. The van der Waals surface area contributed by atoms with Crippen molar-refractivity contribution in [1.29, 1.82) is 0 Å². The zero-order valence-electron chi connectivity index (χ0n) is 10.6. The maximum atomic E-state index is 10.8. The number of nitrogens with zero attached hydrogens (tertiary/aromatic N) is 2. The highest BCUT2D eigenvalue weighted by Gasteiger charge is 2.31. The number of benzene rings is 1. The molecule has 4 heteroatoms. The van der Waals surface area contributed by atoms with Crippen LogP contribution in [-0.2, 0) is 12.0 Å². The largest absolute Gasteiger partial charge is 0.298 e. The van der Waals surface area contributed by atoms with Crippen LogP contribution >= 0.6 is 0 Å². The molecule has 92 valence electrons. The maximum absolute atomic E-state index is 10.8. The molecule has 0 aromatic heterocycles. The summed E-state index contributed by atoms with van der Waals surface area (Å²) in [5.74, 6) is 0. The Bertz CT molecular complexity index is 455. The van der Waals surface area contributed by atoms with E-state index in [0.717, 1.165) is 25.2 Å². The van der Waals surface area contributed by atoms with Crippen LogP contribution < -0.4 is 0 Å². The van der Waals surface area contributed by atoms with E-state index in [1.54, 1.807) is 12.1 Å². The van der Waals surface area contributed by atoms with E-state index in [4.69, 9.17) is 0 Å². The third kappa shape index (κ3) is 2.17. The van der Waals surface area contributed by atoms with Gasteiger partial charge in [0.25, 0.3) is 5.69 Å². The summed E-state index contributed by atoms with van der Waals surface area (Å²) in [6.07, 6.45) is 0. The van der Waals surface area contributed by atoms with Crippen molar-refractivity contribution in [3.05, 3.63) is 39.4 Å². The zero-order chi connectivity index (χ0) is 12.6. The summed E-state index contributed by atoms with van der Waals surface area (Å²) in [7, 11) is 0. The van der Waals surface area contributed by atoms with Gasteiger partial charge in [-0.1, -0.05) is 26.8 Å². The summed E-state index contributed by atoms with van der Waals surface area (Å²) in [5, 5.41) is 10.8. The number of hydrogen-bond acceptors (Lipinski definition) is 3. The molecular weight excluding hydrogens is 216 g/mol. The van der Waals surface area contributed by atoms with E-state index in [9.17, 15) is 10.1 Å². The first-order chi connectivity index (χ1) is 7.94. The lowest BCUT2D eigenvalue weighted by molar-refractivity contribution is -0.385. The average Bonchev–Trinajstić information content (AvgIpc) is 2.27. The number of fused-ring (bicyclic) bond motifs is 1. The first-order valence-electron chi connectivity index (χ1n) is 5.94. The van der Waals surface area contributed by atoms with Crippen LogP contribution in [0.5, 0.6) is 0 Å². The lowest BCUT2D eigenvalue weighted by atomic mass is 9.78. The van der Waals surface area contributed by atoms with Crippen molar-refractivity contribution in [3.8, 4) is 0 Å². The topological polar surface area (TPSA) is 46.4 Å². The van der Waals surface area contributed by atoms with Gasteiger partial charge in [0.05, 0.1) is 4.92 Å². The number of likely N-dealkylation sites (N-methyl/N-ethyl adjacent to an activating group) is 1. The second-order valence-corrected chi connectivity index (χ2v) is 5.29. The van der Waals surface area contributed by atoms with Crippen LogP contribution in [0, 0.1) is 10.1 Å². The highest BCUT2D eigenvalue weighted by Crippen LogP contribution is 2.34. The van der Waals surface area contributed by atoms with E-state index < -0.39 is 0 Å². The first kappa shape index (κ1) is 12.0. The molecule has 4 nitrogen and oxygen atoms in total. The van der Waals surface area contributed by atoms with Gasteiger partial charge in [0.15, 0.2) is 0 Å². The molecule has 17 heavy (non-hydrogen) atoms. The van der Waals surface area contributed by atoms with Crippen molar-refractivity contribution in [1.82, 2.24) is 4.90 Å². The monoisotopic (exact) mass is 234 g/mol. The van der Waals surface area contributed by atoms with Gasteiger partial charge in [-0.25, -0.2) is 0 Å². The van der Waals surface area contributed by atoms with Crippen LogP contribution in [0.4, 0.5) is 5.69 Å². The van der Waals surface area contributed by atoms with Crippen LogP contribution in [0.2, 0.25) is 0 Å². The second kappa shape index (κ2) is 4.11. The van der Waals surface area contributed by atoms with E-state index in [2.05, 4.69) is 25.7 Å². The van der Waals surface area contributed by atoms with E-state index in [1.165, 1.54) is 5.56 Å². The Kier molecular flexibility index (Phi) is 2.91. The van der Waals surface area contributed by atoms with Gasteiger partial charge < -0.3 is 0 Å². The fourth-order valence-electron chi connectivity index (χ4n) is 2.65. The number of hydrogen-bond donors (Lipinski definition) is 0. The molecule has 1 aromatic rings. The molecular formula is C13H18N2O2. The Hall–Kier alpha value is -1.42. The summed E-state index contributed by atoms with van der Waals surface area (Å²) in [4.78, 5) is 12.8. The molecule has 0 saturated carbocycles. The minimum Gasteiger partial charge on any atom is -0.298 e. The van der Waals surface area contributed by atoms with Gasteiger partial charge in [-0.15, -0.1) is 0 Å². The average molecular weight is 234 g/mol. The number of nitro benzene ring substituents is 1. The molecule has 0 unspecified atom stereocenters. The molecule has 1 heterocycles. The molecule has 0 N–H and O–H groups in total. The standard InChI is InChI=1S/C13H18N2O2/c1-4-14-8-10-7-11(15(16)17)5-6-12(10)13(2,3)9-14/h5-7H,4,8-9H2,1-3H3. The van der Waals surface area contributed by atoms with E-state index in [0.29, 0.717) is 0 Å². The SMILES string of the molecule is CCN1Cc2cc([N+](=O)[O-])ccc2C(C)(C)C1. The summed E-state index contributed by atoms with van der Waals surface area (Å²) in [6.45, 7) is 9.31. The van der Waals surface area contributed by atoms with Crippen molar-refractivity contribution in [3.63, 3.8) is 0 Å². The molecule has 2 rings (SSSR count). The molecule has 0 radical (unpaired) electrons.